The largest absolute Gasteiger partial charge is 0.352 e. The fraction of sp³-hybridized carbons (Fsp3) is 0.364. The van der Waals surface area contributed by atoms with Gasteiger partial charge in [-0.15, -0.1) is 0 Å². The fourth-order valence-corrected chi connectivity index (χ4v) is 3.59. The maximum absolute atomic E-state index is 12.5. The smallest absolute Gasteiger partial charge is 0.251 e. The second-order valence-corrected chi connectivity index (χ2v) is 7.42. The van der Waals surface area contributed by atoms with E-state index in [0.29, 0.717) is 22.8 Å². The van der Waals surface area contributed by atoms with E-state index >= 15 is 0 Å². The monoisotopic (exact) mass is 384 g/mol. The predicted octanol–water partition coefficient (Wildman–Crippen LogP) is 4.83. The van der Waals surface area contributed by atoms with E-state index in [-0.39, 0.29) is 17.7 Å². The number of hydrogen-bond donors (Lipinski definition) is 2. The zero-order chi connectivity index (χ0) is 19.1. The summed E-state index contributed by atoms with van der Waals surface area (Å²) >= 11 is 6.22. The molecule has 3 rings (SSSR count). The molecule has 4 nitrogen and oxygen atoms in total. The van der Waals surface area contributed by atoms with Crippen molar-refractivity contribution in [1.82, 2.24) is 5.32 Å². The fourth-order valence-electron chi connectivity index (χ4n) is 3.43. The average molecular weight is 385 g/mol. The van der Waals surface area contributed by atoms with Crippen molar-refractivity contribution in [3.8, 4) is 0 Å². The van der Waals surface area contributed by atoms with Crippen molar-refractivity contribution in [3.05, 3.63) is 64.7 Å². The van der Waals surface area contributed by atoms with E-state index in [4.69, 9.17) is 11.6 Å². The summed E-state index contributed by atoms with van der Waals surface area (Å²) in [7, 11) is 0. The van der Waals surface area contributed by atoms with Gasteiger partial charge in [0, 0.05) is 18.0 Å². The first kappa shape index (κ1) is 19.4. The van der Waals surface area contributed by atoms with Gasteiger partial charge in [0.2, 0.25) is 5.91 Å². The number of anilines is 1. The van der Waals surface area contributed by atoms with E-state index < -0.39 is 0 Å². The van der Waals surface area contributed by atoms with Crippen LogP contribution in [0.4, 0.5) is 5.69 Å². The van der Waals surface area contributed by atoms with Crippen molar-refractivity contribution in [1.29, 1.82) is 0 Å². The molecule has 0 atom stereocenters. The lowest BCUT2D eigenvalue weighted by Gasteiger charge is -2.21. The van der Waals surface area contributed by atoms with Crippen molar-refractivity contribution in [2.45, 2.75) is 38.5 Å². The molecular formula is C22H25ClN2O2. The van der Waals surface area contributed by atoms with Gasteiger partial charge in [-0.3, -0.25) is 9.59 Å². The Labute approximate surface area is 165 Å². The van der Waals surface area contributed by atoms with Crippen LogP contribution in [0.2, 0.25) is 5.02 Å². The van der Waals surface area contributed by atoms with E-state index in [0.717, 1.165) is 32.1 Å². The van der Waals surface area contributed by atoms with Crippen LogP contribution in [0.5, 0.6) is 0 Å². The second-order valence-electron chi connectivity index (χ2n) is 7.01. The molecular weight excluding hydrogens is 360 g/mol. The van der Waals surface area contributed by atoms with Gasteiger partial charge in [0.1, 0.15) is 0 Å². The minimum Gasteiger partial charge on any atom is -0.352 e. The second kappa shape index (κ2) is 9.56. The van der Waals surface area contributed by atoms with Crippen LogP contribution in [0.25, 0.3) is 0 Å². The molecule has 1 aliphatic rings. The Kier molecular flexibility index (Phi) is 6.88. The van der Waals surface area contributed by atoms with Gasteiger partial charge < -0.3 is 10.6 Å². The molecule has 142 valence electrons. The standard InChI is InChI=1S/C22H25ClN2O2/c23-19-12-11-18(21(26)24-14-13-16-7-3-1-4-8-16)15-20(19)25-22(27)17-9-5-2-6-10-17/h1,3-4,7-8,11-12,15,17H,2,5-6,9-10,13-14H2,(H,24,26)(H,25,27). The minimum atomic E-state index is -0.171. The quantitative estimate of drug-likeness (QED) is 0.749. The summed E-state index contributed by atoms with van der Waals surface area (Å²) in [5.74, 6) is -0.132. The molecule has 0 heterocycles. The highest BCUT2D eigenvalue weighted by atomic mass is 35.5. The number of benzene rings is 2. The zero-order valence-corrected chi connectivity index (χ0v) is 16.1. The van der Waals surface area contributed by atoms with E-state index in [2.05, 4.69) is 10.6 Å². The number of amides is 2. The van der Waals surface area contributed by atoms with Crippen LogP contribution in [0.15, 0.2) is 48.5 Å². The van der Waals surface area contributed by atoms with Crippen molar-refractivity contribution < 1.29 is 9.59 Å². The molecule has 1 aliphatic carbocycles. The summed E-state index contributed by atoms with van der Waals surface area (Å²) in [6, 6.07) is 15.0. The molecule has 0 saturated heterocycles. The van der Waals surface area contributed by atoms with Gasteiger partial charge in [0.25, 0.3) is 5.91 Å². The lowest BCUT2D eigenvalue weighted by atomic mass is 9.88. The highest BCUT2D eigenvalue weighted by Crippen LogP contribution is 2.28. The van der Waals surface area contributed by atoms with Crippen LogP contribution in [0, 0.1) is 5.92 Å². The number of carbonyl (C=O) groups excluding carboxylic acids is 2. The van der Waals surface area contributed by atoms with Crippen LogP contribution in [-0.2, 0) is 11.2 Å². The normalized spacial score (nSPS) is 14.6. The third-order valence-corrected chi connectivity index (χ3v) is 5.33. The summed E-state index contributed by atoms with van der Waals surface area (Å²) in [4.78, 5) is 24.9. The number of rotatable bonds is 6. The maximum atomic E-state index is 12.5. The van der Waals surface area contributed by atoms with E-state index in [9.17, 15) is 9.59 Å². The van der Waals surface area contributed by atoms with Crippen LogP contribution < -0.4 is 10.6 Å². The summed E-state index contributed by atoms with van der Waals surface area (Å²) in [6.45, 7) is 0.551. The summed E-state index contributed by atoms with van der Waals surface area (Å²) in [6.07, 6.45) is 5.99. The Morgan fingerprint density at radius 3 is 2.48 bits per heavy atom. The topological polar surface area (TPSA) is 58.2 Å². The molecule has 27 heavy (non-hydrogen) atoms. The van der Waals surface area contributed by atoms with Crippen LogP contribution in [0.3, 0.4) is 0 Å². The molecule has 0 aliphatic heterocycles. The molecule has 2 aromatic carbocycles. The van der Waals surface area contributed by atoms with Crippen LogP contribution >= 0.6 is 11.6 Å². The molecule has 1 saturated carbocycles. The van der Waals surface area contributed by atoms with E-state index in [1.165, 1.54) is 12.0 Å². The Bertz CT molecular complexity index is 786. The Balaban J connectivity index is 1.58. The summed E-state index contributed by atoms with van der Waals surface area (Å²) in [5, 5.41) is 6.27. The number of nitrogens with one attached hydrogen (secondary N) is 2. The molecule has 0 aromatic heterocycles. The van der Waals surface area contributed by atoms with Gasteiger partial charge in [-0.05, 0) is 43.0 Å². The van der Waals surface area contributed by atoms with Crippen LogP contribution in [-0.4, -0.2) is 18.4 Å². The Morgan fingerprint density at radius 1 is 1.00 bits per heavy atom. The number of carbonyl (C=O) groups is 2. The third-order valence-electron chi connectivity index (χ3n) is 5.00. The highest BCUT2D eigenvalue weighted by Gasteiger charge is 2.22. The first-order valence-electron chi connectivity index (χ1n) is 9.56. The van der Waals surface area contributed by atoms with Gasteiger partial charge in [0.15, 0.2) is 0 Å². The molecule has 1 fully saturated rings. The minimum absolute atomic E-state index is 0.00163. The lowest BCUT2D eigenvalue weighted by molar-refractivity contribution is -0.120. The number of halogens is 1. The van der Waals surface area contributed by atoms with Gasteiger partial charge in [-0.2, -0.15) is 0 Å². The molecule has 0 spiro atoms. The summed E-state index contributed by atoms with van der Waals surface area (Å²) < 4.78 is 0. The molecule has 5 heteroatoms. The first-order chi connectivity index (χ1) is 13.1. The molecule has 2 aromatic rings. The van der Waals surface area contributed by atoms with Gasteiger partial charge in [0.05, 0.1) is 10.7 Å². The van der Waals surface area contributed by atoms with Crippen LogP contribution in [0.1, 0.15) is 48.0 Å². The van der Waals surface area contributed by atoms with Gasteiger partial charge in [-0.25, -0.2) is 0 Å². The third kappa shape index (κ3) is 5.57. The highest BCUT2D eigenvalue weighted by molar-refractivity contribution is 6.33. The average Bonchev–Trinajstić information content (AvgIpc) is 2.71. The molecule has 0 unspecified atom stereocenters. The van der Waals surface area contributed by atoms with Gasteiger partial charge in [-0.1, -0.05) is 61.2 Å². The Morgan fingerprint density at radius 2 is 1.74 bits per heavy atom. The van der Waals surface area contributed by atoms with Gasteiger partial charge >= 0.3 is 0 Å². The molecule has 2 amide bonds. The lowest BCUT2D eigenvalue weighted by Crippen LogP contribution is -2.27. The first-order valence-corrected chi connectivity index (χ1v) is 9.94. The zero-order valence-electron chi connectivity index (χ0n) is 15.3. The van der Waals surface area contributed by atoms with E-state index in [1.54, 1.807) is 18.2 Å². The maximum Gasteiger partial charge on any atom is 0.251 e. The number of hydrogen-bond acceptors (Lipinski definition) is 2. The van der Waals surface area contributed by atoms with Crippen molar-refractivity contribution in [3.63, 3.8) is 0 Å². The van der Waals surface area contributed by atoms with Crippen molar-refractivity contribution >= 4 is 29.1 Å². The molecule has 0 radical (unpaired) electrons. The van der Waals surface area contributed by atoms with Crippen molar-refractivity contribution in [2.24, 2.45) is 5.92 Å². The van der Waals surface area contributed by atoms with Crippen molar-refractivity contribution in [2.75, 3.05) is 11.9 Å². The summed E-state index contributed by atoms with van der Waals surface area (Å²) in [5.41, 5.74) is 2.17. The molecule has 0 bridgehead atoms. The Hall–Kier alpha value is -2.33. The van der Waals surface area contributed by atoms with E-state index in [1.807, 2.05) is 30.3 Å². The SMILES string of the molecule is O=C(NCCc1ccccc1)c1ccc(Cl)c(NC(=O)C2CCCCC2)c1. The predicted molar refractivity (Wildman–Crippen MR) is 109 cm³/mol. The molecule has 2 N–H and O–H groups in total.